The minimum Gasteiger partial charge on any atom is -0.493 e. The summed E-state index contributed by atoms with van der Waals surface area (Å²) < 4.78 is 20.8. The van der Waals surface area contributed by atoms with E-state index < -0.39 is 11.9 Å². The second-order valence-electron chi connectivity index (χ2n) is 6.47. The molecule has 3 aromatic carbocycles. The molecule has 0 saturated carbocycles. The molecule has 1 amide bonds. The van der Waals surface area contributed by atoms with Crippen molar-refractivity contribution in [2.75, 3.05) is 33.3 Å². The monoisotopic (exact) mass is 421 g/mol. The first-order chi connectivity index (χ1) is 15.0. The van der Waals surface area contributed by atoms with Gasteiger partial charge in [0, 0.05) is 12.1 Å². The van der Waals surface area contributed by atoms with Gasteiger partial charge in [0.15, 0.2) is 18.1 Å². The number of ether oxygens (including phenoxy) is 4. The van der Waals surface area contributed by atoms with Crippen molar-refractivity contribution in [3.8, 4) is 28.4 Å². The van der Waals surface area contributed by atoms with Gasteiger partial charge >= 0.3 is 5.97 Å². The number of hydrogen-bond acceptors (Lipinski definition) is 6. The molecule has 7 heteroatoms. The van der Waals surface area contributed by atoms with E-state index in [0.29, 0.717) is 17.2 Å². The molecule has 31 heavy (non-hydrogen) atoms. The molecule has 0 aliphatic heterocycles. The third kappa shape index (κ3) is 5.33. The largest absolute Gasteiger partial charge is 0.493 e. The lowest BCUT2D eigenvalue weighted by atomic mass is 10.1. The second-order valence-corrected chi connectivity index (χ2v) is 6.47. The van der Waals surface area contributed by atoms with E-state index in [1.807, 2.05) is 42.5 Å². The van der Waals surface area contributed by atoms with Gasteiger partial charge in [-0.2, -0.15) is 0 Å². The highest BCUT2D eigenvalue weighted by Crippen LogP contribution is 2.33. The van der Waals surface area contributed by atoms with Gasteiger partial charge in [0.2, 0.25) is 0 Å². The predicted octanol–water partition coefficient (Wildman–Crippen LogP) is 4.17. The fourth-order valence-corrected chi connectivity index (χ4v) is 2.97. The zero-order valence-corrected chi connectivity index (χ0v) is 17.5. The molecule has 0 bridgehead atoms. The highest BCUT2D eigenvalue weighted by atomic mass is 16.5. The van der Waals surface area contributed by atoms with Crippen LogP contribution in [-0.2, 0) is 9.53 Å². The SMILES string of the molecule is COC(=O)c1cc(OC)c(OC)cc1NC(=O)COc1ccc(-c2ccccc2)cc1. The Hall–Kier alpha value is -4.00. The topological polar surface area (TPSA) is 83.1 Å². The molecule has 0 aliphatic rings. The maximum atomic E-state index is 12.4. The Morgan fingerprint density at radius 3 is 2.03 bits per heavy atom. The van der Waals surface area contributed by atoms with Gasteiger partial charge in [0.1, 0.15) is 5.75 Å². The van der Waals surface area contributed by atoms with Crippen LogP contribution in [0, 0.1) is 0 Å². The highest BCUT2D eigenvalue weighted by Gasteiger charge is 2.19. The van der Waals surface area contributed by atoms with E-state index in [2.05, 4.69) is 5.32 Å². The van der Waals surface area contributed by atoms with Crippen LogP contribution in [0.25, 0.3) is 11.1 Å². The fraction of sp³-hybridized carbons (Fsp3) is 0.167. The molecule has 160 valence electrons. The van der Waals surface area contributed by atoms with Crippen LogP contribution in [0.3, 0.4) is 0 Å². The van der Waals surface area contributed by atoms with Crippen LogP contribution in [-0.4, -0.2) is 39.8 Å². The maximum Gasteiger partial charge on any atom is 0.340 e. The summed E-state index contributed by atoms with van der Waals surface area (Å²) in [7, 11) is 4.17. The zero-order valence-electron chi connectivity index (χ0n) is 17.5. The van der Waals surface area contributed by atoms with Crippen LogP contribution in [0.2, 0.25) is 0 Å². The lowest BCUT2D eigenvalue weighted by Gasteiger charge is -2.15. The summed E-state index contributed by atoms with van der Waals surface area (Å²) in [5.41, 5.74) is 2.51. The second kappa shape index (κ2) is 10.2. The number of hydrogen-bond donors (Lipinski definition) is 1. The molecule has 0 saturated heterocycles. The minimum atomic E-state index is -0.617. The van der Waals surface area contributed by atoms with Crippen LogP contribution in [0.4, 0.5) is 5.69 Å². The minimum absolute atomic E-state index is 0.140. The molecule has 0 atom stereocenters. The van der Waals surface area contributed by atoms with Crippen LogP contribution in [0.1, 0.15) is 10.4 Å². The first-order valence-electron chi connectivity index (χ1n) is 9.48. The zero-order chi connectivity index (χ0) is 22.2. The van der Waals surface area contributed by atoms with E-state index in [-0.39, 0.29) is 17.9 Å². The number of amides is 1. The first-order valence-corrected chi connectivity index (χ1v) is 9.48. The molecule has 0 heterocycles. The number of carbonyl (C=O) groups excluding carboxylic acids is 2. The van der Waals surface area contributed by atoms with Gasteiger partial charge < -0.3 is 24.3 Å². The Morgan fingerprint density at radius 1 is 0.806 bits per heavy atom. The number of methoxy groups -OCH3 is 3. The molecule has 1 N–H and O–H groups in total. The van der Waals surface area contributed by atoms with E-state index in [1.165, 1.54) is 33.5 Å². The Bertz CT molecular complexity index is 1050. The third-order valence-corrected chi connectivity index (χ3v) is 4.53. The summed E-state index contributed by atoms with van der Waals surface area (Å²) in [4.78, 5) is 24.5. The summed E-state index contributed by atoms with van der Waals surface area (Å²) in [6, 6.07) is 20.3. The Balaban J connectivity index is 1.68. The van der Waals surface area contributed by atoms with Crippen molar-refractivity contribution in [3.63, 3.8) is 0 Å². The van der Waals surface area contributed by atoms with E-state index in [1.54, 1.807) is 12.1 Å². The average molecular weight is 421 g/mol. The molecule has 3 aromatic rings. The number of esters is 1. The Morgan fingerprint density at radius 2 is 1.42 bits per heavy atom. The number of carbonyl (C=O) groups is 2. The van der Waals surface area contributed by atoms with Crippen LogP contribution >= 0.6 is 0 Å². The van der Waals surface area contributed by atoms with Gasteiger partial charge in [0.05, 0.1) is 32.6 Å². The third-order valence-electron chi connectivity index (χ3n) is 4.53. The van der Waals surface area contributed by atoms with Crippen LogP contribution in [0.15, 0.2) is 66.7 Å². The number of anilines is 1. The van der Waals surface area contributed by atoms with Crippen molar-refractivity contribution < 1.29 is 28.5 Å². The predicted molar refractivity (Wildman–Crippen MR) is 117 cm³/mol. The summed E-state index contributed by atoms with van der Waals surface area (Å²) >= 11 is 0. The quantitative estimate of drug-likeness (QED) is 0.550. The normalized spacial score (nSPS) is 10.2. The molecule has 0 aromatic heterocycles. The van der Waals surface area contributed by atoms with Crippen molar-refractivity contribution >= 4 is 17.6 Å². The average Bonchev–Trinajstić information content (AvgIpc) is 2.82. The summed E-state index contributed by atoms with van der Waals surface area (Å²) in [6.07, 6.45) is 0. The molecule has 0 aliphatic carbocycles. The van der Waals surface area contributed by atoms with E-state index in [4.69, 9.17) is 18.9 Å². The lowest BCUT2D eigenvalue weighted by Crippen LogP contribution is -2.22. The molecule has 0 unspecified atom stereocenters. The van der Waals surface area contributed by atoms with Crippen LogP contribution < -0.4 is 19.5 Å². The molecule has 0 radical (unpaired) electrons. The van der Waals surface area contributed by atoms with E-state index in [9.17, 15) is 9.59 Å². The molecular formula is C24H23NO6. The number of nitrogens with one attached hydrogen (secondary N) is 1. The van der Waals surface area contributed by atoms with Gasteiger partial charge in [-0.1, -0.05) is 42.5 Å². The molecule has 7 nitrogen and oxygen atoms in total. The van der Waals surface area contributed by atoms with Crippen molar-refractivity contribution in [2.24, 2.45) is 0 Å². The van der Waals surface area contributed by atoms with Gasteiger partial charge in [-0.3, -0.25) is 4.79 Å². The smallest absolute Gasteiger partial charge is 0.340 e. The molecular weight excluding hydrogens is 398 g/mol. The maximum absolute atomic E-state index is 12.4. The Kier molecular flexibility index (Phi) is 7.11. The van der Waals surface area contributed by atoms with Gasteiger partial charge in [-0.15, -0.1) is 0 Å². The van der Waals surface area contributed by atoms with Gasteiger partial charge in [-0.25, -0.2) is 4.79 Å². The fourth-order valence-electron chi connectivity index (χ4n) is 2.97. The van der Waals surface area contributed by atoms with Gasteiger partial charge in [-0.05, 0) is 23.3 Å². The number of benzene rings is 3. The van der Waals surface area contributed by atoms with Crippen molar-refractivity contribution in [3.05, 3.63) is 72.3 Å². The van der Waals surface area contributed by atoms with Crippen LogP contribution in [0.5, 0.6) is 17.2 Å². The summed E-state index contributed by atoms with van der Waals surface area (Å²) in [5.74, 6) is 0.201. The van der Waals surface area contributed by atoms with Crippen molar-refractivity contribution in [1.82, 2.24) is 0 Å². The summed E-state index contributed by atoms with van der Waals surface area (Å²) in [6.45, 7) is -0.236. The van der Waals surface area contributed by atoms with Gasteiger partial charge in [0.25, 0.3) is 5.91 Å². The van der Waals surface area contributed by atoms with E-state index in [0.717, 1.165) is 11.1 Å². The Labute approximate surface area is 180 Å². The van der Waals surface area contributed by atoms with E-state index >= 15 is 0 Å². The lowest BCUT2D eigenvalue weighted by molar-refractivity contribution is -0.118. The molecule has 0 fully saturated rings. The molecule has 3 rings (SSSR count). The van der Waals surface area contributed by atoms with Crippen molar-refractivity contribution in [2.45, 2.75) is 0 Å². The molecule has 0 spiro atoms. The number of rotatable bonds is 8. The standard InChI is InChI=1S/C24H23NO6/c1-28-21-13-19(24(27)30-3)20(14-22(21)29-2)25-23(26)15-31-18-11-9-17(10-12-18)16-7-5-4-6-8-16/h4-14H,15H2,1-3H3,(H,25,26). The summed E-state index contributed by atoms with van der Waals surface area (Å²) in [5, 5.41) is 2.66. The van der Waals surface area contributed by atoms with Crippen molar-refractivity contribution in [1.29, 1.82) is 0 Å². The first kappa shape index (κ1) is 21.7. The highest BCUT2D eigenvalue weighted by molar-refractivity contribution is 6.02.